The van der Waals surface area contributed by atoms with Crippen molar-refractivity contribution in [2.75, 3.05) is 6.26 Å². The number of aromatic nitrogens is 2. The predicted octanol–water partition coefficient (Wildman–Crippen LogP) is 3.60. The Morgan fingerprint density at radius 3 is 2.65 bits per heavy atom. The molecular formula is C14H16N2O2S2. The average molecular weight is 308 g/mol. The van der Waals surface area contributed by atoms with Gasteiger partial charge >= 0.3 is 0 Å². The van der Waals surface area contributed by atoms with E-state index in [9.17, 15) is 4.79 Å². The first-order valence-corrected chi connectivity index (χ1v) is 8.46. The van der Waals surface area contributed by atoms with Gasteiger partial charge in [-0.25, -0.2) is 0 Å². The number of ketones is 1. The number of rotatable bonds is 6. The van der Waals surface area contributed by atoms with Gasteiger partial charge in [0.05, 0.1) is 11.0 Å². The first kappa shape index (κ1) is 15.1. The molecule has 1 unspecified atom stereocenters. The fourth-order valence-electron chi connectivity index (χ4n) is 1.62. The van der Waals surface area contributed by atoms with E-state index in [-0.39, 0.29) is 11.0 Å². The van der Waals surface area contributed by atoms with E-state index in [1.54, 1.807) is 11.8 Å². The summed E-state index contributed by atoms with van der Waals surface area (Å²) in [5, 5.41) is 8.08. The molecular weight excluding hydrogens is 292 g/mol. The van der Waals surface area contributed by atoms with E-state index in [0.29, 0.717) is 22.4 Å². The van der Waals surface area contributed by atoms with Crippen molar-refractivity contribution in [2.24, 2.45) is 0 Å². The normalized spacial score (nSPS) is 12.3. The van der Waals surface area contributed by atoms with Crippen molar-refractivity contribution in [2.45, 2.75) is 30.1 Å². The van der Waals surface area contributed by atoms with Crippen LogP contribution in [0.4, 0.5) is 0 Å². The molecule has 0 aliphatic heterocycles. The van der Waals surface area contributed by atoms with E-state index in [1.807, 2.05) is 44.4 Å². The summed E-state index contributed by atoms with van der Waals surface area (Å²) in [6.07, 6.45) is 1.97. The number of benzene rings is 1. The Hall–Kier alpha value is -1.27. The van der Waals surface area contributed by atoms with Gasteiger partial charge in [-0.2, -0.15) is 11.8 Å². The number of hydrogen-bond acceptors (Lipinski definition) is 6. The van der Waals surface area contributed by atoms with Gasteiger partial charge in [-0.3, -0.25) is 4.79 Å². The zero-order chi connectivity index (χ0) is 14.5. The highest BCUT2D eigenvalue weighted by atomic mass is 32.2. The molecule has 0 amide bonds. The summed E-state index contributed by atoms with van der Waals surface area (Å²) in [7, 11) is 0. The number of hydrogen-bond donors (Lipinski definition) is 0. The summed E-state index contributed by atoms with van der Waals surface area (Å²) in [5.74, 6) is 1.35. The van der Waals surface area contributed by atoms with Crippen LogP contribution in [0.3, 0.4) is 0 Å². The van der Waals surface area contributed by atoms with Crippen molar-refractivity contribution in [1.29, 1.82) is 0 Å². The van der Waals surface area contributed by atoms with Crippen LogP contribution in [0.25, 0.3) is 0 Å². The molecule has 1 heterocycles. The first-order valence-electron chi connectivity index (χ1n) is 6.19. The lowest BCUT2D eigenvalue weighted by Crippen LogP contribution is -2.13. The fourth-order valence-corrected chi connectivity index (χ4v) is 2.77. The third kappa shape index (κ3) is 3.86. The van der Waals surface area contributed by atoms with Crippen molar-refractivity contribution in [3.63, 3.8) is 0 Å². The molecule has 1 atom stereocenters. The number of aryl methyl sites for hydroxylation is 1. The van der Waals surface area contributed by atoms with Crippen LogP contribution in [0.1, 0.15) is 28.7 Å². The standard InChI is InChI=1S/C14H16N2O2S2/c1-9-4-6-11(7-5-9)13(17)10(2)20-14-16-15-12(18-14)8-19-3/h4-7,10H,8H2,1-3H3. The summed E-state index contributed by atoms with van der Waals surface area (Å²) in [6.45, 7) is 3.85. The average Bonchev–Trinajstić information content (AvgIpc) is 2.86. The predicted molar refractivity (Wildman–Crippen MR) is 82.3 cm³/mol. The molecule has 0 spiro atoms. The van der Waals surface area contributed by atoms with Gasteiger partial charge in [-0.15, -0.1) is 10.2 Å². The lowest BCUT2D eigenvalue weighted by molar-refractivity contribution is 0.0993. The second kappa shape index (κ2) is 6.95. The smallest absolute Gasteiger partial charge is 0.277 e. The molecule has 6 heteroatoms. The number of thioether (sulfide) groups is 2. The van der Waals surface area contributed by atoms with Crippen LogP contribution in [-0.2, 0) is 5.75 Å². The molecule has 1 aromatic heterocycles. The molecule has 0 bridgehead atoms. The second-order valence-corrected chi connectivity index (χ2v) is 6.54. The van der Waals surface area contributed by atoms with Crippen LogP contribution in [0.5, 0.6) is 0 Å². The quantitative estimate of drug-likeness (QED) is 0.600. The summed E-state index contributed by atoms with van der Waals surface area (Å²) < 4.78 is 5.47. The Labute approximate surface area is 126 Å². The monoisotopic (exact) mass is 308 g/mol. The Balaban J connectivity index is 2.01. The molecule has 106 valence electrons. The summed E-state index contributed by atoms with van der Waals surface area (Å²) in [5.41, 5.74) is 1.85. The van der Waals surface area contributed by atoms with Gasteiger partial charge in [0.15, 0.2) is 5.78 Å². The molecule has 0 N–H and O–H groups in total. The van der Waals surface area contributed by atoms with Crippen molar-refractivity contribution in [1.82, 2.24) is 10.2 Å². The van der Waals surface area contributed by atoms with Crippen molar-refractivity contribution in [3.05, 3.63) is 41.3 Å². The van der Waals surface area contributed by atoms with Gasteiger partial charge in [-0.1, -0.05) is 41.6 Å². The Kier molecular flexibility index (Phi) is 5.25. The lowest BCUT2D eigenvalue weighted by Gasteiger charge is -2.07. The third-order valence-electron chi connectivity index (χ3n) is 2.70. The zero-order valence-electron chi connectivity index (χ0n) is 11.6. The third-order valence-corrected chi connectivity index (χ3v) is 4.17. The molecule has 1 aromatic carbocycles. The number of nitrogens with zero attached hydrogens (tertiary/aromatic N) is 2. The zero-order valence-corrected chi connectivity index (χ0v) is 13.3. The number of carbonyl (C=O) groups excluding carboxylic acids is 1. The van der Waals surface area contributed by atoms with Crippen molar-refractivity contribution < 1.29 is 9.21 Å². The molecule has 0 radical (unpaired) electrons. The van der Waals surface area contributed by atoms with Crippen LogP contribution in [0.15, 0.2) is 33.9 Å². The van der Waals surface area contributed by atoms with E-state index in [4.69, 9.17) is 4.42 Å². The Morgan fingerprint density at radius 2 is 2.00 bits per heavy atom. The highest BCUT2D eigenvalue weighted by Gasteiger charge is 2.19. The van der Waals surface area contributed by atoms with E-state index in [2.05, 4.69) is 10.2 Å². The maximum atomic E-state index is 12.3. The van der Waals surface area contributed by atoms with Gasteiger partial charge in [0.2, 0.25) is 5.89 Å². The molecule has 4 nitrogen and oxygen atoms in total. The maximum Gasteiger partial charge on any atom is 0.277 e. The minimum Gasteiger partial charge on any atom is -0.415 e. The largest absolute Gasteiger partial charge is 0.415 e. The highest BCUT2D eigenvalue weighted by Crippen LogP contribution is 2.25. The van der Waals surface area contributed by atoms with Crippen LogP contribution in [0, 0.1) is 6.92 Å². The molecule has 0 aliphatic rings. The fraction of sp³-hybridized carbons (Fsp3) is 0.357. The van der Waals surface area contributed by atoms with E-state index < -0.39 is 0 Å². The highest BCUT2D eigenvalue weighted by molar-refractivity contribution is 8.00. The molecule has 0 saturated heterocycles. The minimum atomic E-state index is -0.250. The first-order chi connectivity index (χ1) is 9.60. The summed E-state index contributed by atoms with van der Waals surface area (Å²) in [4.78, 5) is 12.3. The summed E-state index contributed by atoms with van der Waals surface area (Å²) in [6, 6.07) is 7.57. The molecule has 2 aromatic rings. The van der Waals surface area contributed by atoms with Crippen LogP contribution in [-0.4, -0.2) is 27.5 Å². The van der Waals surface area contributed by atoms with Gasteiger partial charge in [0, 0.05) is 5.56 Å². The topological polar surface area (TPSA) is 56.0 Å². The van der Waals surface area contributed by atoms with Gasteiger partial charge in [-0.05, 0) is 20.1 Å². The van der Waals surface area contributed by atoms with Gasteiger partial charge in [0.25, 0.3) is 5.22 Å². The Bertz CT molecular complexity index is 581. The number of Topliss-reactive ketones (excluding diaryl/α,β-unsaturated/α-hetero) is 1. The van der Waals surface area contributed by atoms with E-state index >= 15 is 0 Å². The van der Waals surface area contributed by atoms with E-state index in [1.165, 1.54) is 11.8 Å². The maximum absolute atomic E-state index is 12.3. The SMILES string of the molecule is CSCc1nnc(SC(C)C(=O)c2ccc(C)cc2)o1. The number of carbonyl (C=O) groups is 1. The molecule has 20 heavy (non-hydrogen) atoms. The summed E-state index contributed by atoms with van der Waals surface area (Å²) >= 11 is 2.92. The molecule has 0 saturated carbocycles. The van der Waals surface area contributed by atoms with Crippen LogP contribution in [0.2, 0.25) is 0 Å². The van der Waals surface area contributed by atoms with Crippen LogP contribution < -0.4 is 0 Å². The van der Waals surface area contributed by atoms with Crippen molar-refractivity contribution in [3.8, 4) is 0 Å². The van der Waals surface area contributed by atoms with Crippen molar-refractivity contribution >= 4 is 29.3 Å². The molecule has 2 rings (SSSR count). The molecule has 0 aliphatic carbocycles. The Morgan fingerprint density at radius 1 is 1.30 bits per heavy atom. The van der Waals surface area contributed by atoms with E-state index in [0.717, 1.165) is 5.56 Å². The second-order valence-electron chi connectivity index (χ2n) is 4.39. The molecule has 0 fully saturated rings. The van der Waals surface area contributed by atoms with Gasteiger partial charge < -0.3 is 4.42 Å². The minimum absolute atomic E-state index is 0.0691. The van der Waals surface area contributed by atoms with Gasteiger partial charge in [0.1, 0.15) is 0 Å². The van der Waals surface area contributed by atoms with Crippen LogP contribution >= 0.6 is 23.5 Å². The lowest BCUT2D eigenvalue weighted by atomic mass is 10.1.